The monoisotopic (exact) mass is 214 g/mol. The summed E-state index contributed by atoms with van der Waals surface area (Å²) >= 11 is 0. The van der Waals surface area contributed by atoms with Gasteiger partial charge in [-0.05, 0) is 31.7 Å². The molecule has 0 aromatic heterocycles. The largest absolute Gasteiger partial charge is 0.399 e. The lowest BCUT2D eigenvalue weighted by atomic mass is 10.1. The fourth-order valence-electron chi connectivity index (χ4n) is 1.40. The summed E-state index contributed by atoms with van der Waals surface area (Å²) < 4.78 is 24.3. The summed E-state index contributed by atoms with van der Waals surface area (Å²) in [5.41, 5.74) is 7.23. The first-order valence-corrected chi connectivity index (χ1v) is 4.84. The third-order valence-electron chi connectivity index (χ3n) is 2.51. The van der Waals surface area contributed by atoms with Crippen LogP contribution < -0.4 is 5.73 Å². The van der Waals surface area contributed by atoms with E-state index < -0.39 is 6.43 Å². The maximum absolute atomic E-state index is 12.2. The molecular formula is C11H16F2N2. The number of nitrogens with two attached hydrogens (primary N) is 1. The molecule has 0 spiro atoms. The Labute approximate surface area is 88.7 Å². The number of nitrogens with zero attached hydrogens (tertiary/aromatic N) is 1. The molecule has 0 radical (unpaired) electrons. The summed E-state index contributed by atoms with van der Waals surface area (Å²) in [5.74, 6) is 0. The van der Waals surface area contributed by atoms with Crippen molar-refractivity contribution in [1.29, 1.82) is 0 Å². The highest BCUT2D eigenvalue weighted by Crippen LogP contribution is 2.20. The van der Waals surface area contributed by atoms with Crippen LogP contribution in [0.5, 0.6) is 0 Å². The maximum Gasteiger partial charge on any atom is 0.251 e. The topological polar surface area (TPSA) is 29.3 Å². The van der Waals surface area contributed by atoms with Crippen molar-refractivity contribution in [2.75, 3.05) is 19.3 Å². The van der Waals surface area contributed by atoms with Crippen LogP contribution in [0.2, 0.25) is 0 Å². The molecule has 0 saturated carbocycles. The lowest BCUT2D eigenvalue weighted by Crippen LogP contribution is -2.27. The third-order valence-corrected chi connectivity index (χ3v) is 2.51. The minimum absolute atomic E-state index is 0.0281. The molecule has 84 valence electrons. The summed E-state index contributed by atoms with van der Waals surface area (Å²) in [7, 11) is 1.69. The van der Waals surface area contributed by atoms with Crippen molar-refractivity contribution in [1.82, 2.24) is 4.90 Å². The number of hydrogen-bond acceptors (Lipinski definition) is 2. The second-order valence-corrected chi connectivity index (χ2v) is 3.67. The predicted octanol–water partition coefficient (Wildman–Crippen LogP) is 2.53. The van der Waals surface area contributed by atoms with E-state index in [1.54, 1.807) is 24.1 Å². The fraction of sp³-hybridized carbons (Fsp3) is 0.455. The van der Waals surface area contributed by atoms with Crippen LogP contribution in [0.25, 0.3) is 0 Å². The first kappa shape index (κ1) is 11.9. The Morgan fingerprint density at radius 2 is 1.80 bits per heavy atom. The van der Waals surface area contributed by atoms with Crippen LogP contribution in [0.15, 0.2) is 24.3 Å². The van der Waals surface area contributed by atoms with Gasteiger partial charge in [0.15, 0.2) is 0 Å². The first-order valence-electron chi connectivity index (χ1n) is 4.84. The van der Waals surface area contributed by atoms with Crippen LogP contribution in [0.4, 0.5) is 14.5 Å². The van der Waals surface area contributed by atoms with Gasteiger partial charge in [0.2, 0.25) is 0 Å². The van der Waals surface area contributed by atoms with Crippen LogP contribution in [-0.2, 0) is 0 Å². The van der Waals surface area contributed by atoms with Gasteiger partial charge in [-0.25, -0.2) is 8.78 Å². The Bertz CT molecular complexity index is 298. The van der Waals surface area contributed by atoms with E-state index >= 15 is 0 Å². The molecular weight excluding hydrogens is 198 g/mol. The Balaban J connectivity index is 2.67. The van der Waals surface area contributed by atoms with Crippen molar-refractivity contribution in [3.8, 4) is 0 Å². The Hall–Kier alpha value is -1.16. The number of hydrogen-bond donors (Lipinski definition) is 1. The second-order valence-electron chi connectivity index (χ2n) is 3.67. The highest BCUT2D eigenvalue weighted by molar-refractivity contribution is 5.39. The molecule has 0 aliphatic heterocycles. The van der Waals surface area contributed by atoms with Gasteiger partial charge in [-0.3, -0.25) is 4.90 Å². The van der Waals surface area contributed by atoms with Crippen molar-refractivity contribution in [3.05, 3.63) is 29.8 Å². The van der Waals surface area contributed by atoms with Crippen molar-refractivity contribution >= 4 is 5.69 Å². The predicted molar refractivity (Wildman–Crippen MR) is 57.9 cm³/mol. The molecule has 2 N–H and O–H groups in total. The van der Waals surface area contributed by atoms with E-state index in [-0.39, 0.29) is 12.6 Å². The third kappa shape index (κ3) is 3.47. The minimum Gasteiger partial charge on any atom is -0.399 e. The zero-order valence-corrected chi connectivity index (χ0v) is 8.95. The first-order chi connectivity index (χ1) is 7.00. The van der Waals surface area contributed by atoms with Crippen LogP contribution in [0.1, 0.15) is 18.5 Å². The molecule has 1 aromatic carbocycles. The van der Waals surface area contributed by atoms with Crippen molar-refractivity contribution in [2.45, 2.75) is 19.4 Å². The van der Waals surface area contributed by atoms with E-state index in [0.29, 0.717) is 5.69 Å². The summed E-state index contributed by atoms with van der Waals surface area (Å²) in [6.45, 7) is 1.68. The van der Waals surface area contributed by atoms with Gasteiger partial charge < -0.3 is 5.73 Å². The van der Waals surface area contributed by atoms with E-state index in [9.17, 15) is 8.78 Å². The normalized spacial score (nSPS) is 13.5. The average Bonchev–Trinajstić information content (AvgIpc) is 2.17. The van der Waals surface area contributed by atoms with Gasteiger partial charge in [-0.2, -0.15) is 0 Å². The quantitative estimate of drug-likeness (QED) is 0.780. The van der Waals surface area contributed by atoms with Gasteiger partial charge >= 0.3 is 0 Å². The molecule has 1 rings (SSSR count). The van der Waals surface area contributed by atoms with Crippen molar-refractivity contribution in [2.24, 2.45) is 0 Å². The lowest BCUT2D eigenvalue weighted by molar-refractivity contribution is 0.0843. The van der Waals surface area contributed by atoms with E-state index in [0.717, 1.165) is 5.56 Å². The zero-order valence-electron chi connectivity index (χ0n) is 8.95. The van der Waals surface area contributed by atoms with Crippen LogP contribution in [0.3, 0.4) is 0 Å². The van der Waals surface area contributed by atoms with E-state index in [4.69, 9.17) is 5.73 Å². The summed E-state index contributed by atoms with van der Waals surface area (Å²) in [4.78, 5) is 1.62. The molecule has 1 atom stereocenters. The molecule has 0 bridgehead atoms. The average molecular weight is 214 g/mol. The standard InChI is InChI=1S/C11H16F2N2/c1-8(15(2)7-11(12)13)9-3-5-10(14)6-4-9/h3-6,8,11H,7,14H2,1-2H3. The van der Waals surface area contributed by atoms with Crippen molar-refractivity contribution in [3.63, 3.8) is 0 Å². The highest BCUT2D eigenvalue weighted by Gasteiger charge is 2.15. The van der Waals surface area contributed by atoms with Gasteiger partial charge in [-0.1, -0.05) is 12.1 Å². The van der Waals surface area contributed by atoms with Crippen LogP contribution in [-0.4, -0.2) is 24.9 Å². The van der Waals surface area contributed by atoms with E-state index in [1.165, 1.54) is 0 Å². The Kier molecular flexibility index (Phi) is 4.03. The summed E-state index contributed by atoms with van der Waals surface area (Å²) in [6.07, 6.45) is -2.30. The van der Waals surface area contributed by atoms with Crippen molar-refractivity contribution < 1.29 is 8.78 Å². The molecule has 0 aliphatic carbocycles. The van der Waals surface area contributed by atoms with E-state index in [2.05, 4.69) is 0 Å². The second kappa shape index (κ2) is 5.07. The maximum atomic E-state index is 12.2. The lowest BCUT2D eigenvalue weighted by Gasteiger charge is -2.24. The number of anilines is 1. The molecule has 0 aliphatic rings. The zero-order chi connectivity index (χ0) is 11.4. The molecule has 1 unspecified atom stereocenters. The molecule has 4 heteroatoms. The number of halogens is 2. The molecule has 2 nitrogen and oxygen atoms in total. The molecule has 1 aromatic rings. The highest BCUT2D eigenvalue weighted by atomic mass is 19.3. The number of nitrogen functional groups attached to an aromatic ring is 1. The SMILES string of the molecule is CC(c1ccc(N)cc1)N(C)CC(F)F. The Morgan fingerprint density at radius 1 is 1.27 bits per heavy atom. The number of rotatable bonds is 4. The molecule has 0 amide bonds. The number of alkyl halides is 2. The Morgan fingerprint density at radius 3 is 2.27 bits per heavy atom. The molecule has 15 heavy (non-hydrogen) atoms. The van der Waals surface area contributed by atoms with E-state index in [1.807, 2.05) is 19.1 Å². The number of benzene rings is 1. The molecule has 0 saturated heterocycles. The van der Waals surface area contributed by atoms with Gasteiger partial charge in [0.1, 0.15) is 0 Å². The van der Waals surface area contributed by atoms with Gasteiger partial charge in [0.05, 0.1) is 6.54 Å². The van der Waals surface area contributed by atoms with Gasteiger partial charge in [0.25, 0.3) is 6.43 Å². The molecule has 0 fully saturated rings. The fourth-order valence-corrected chi connectivity index (χ4v) is 1.40. The van der Waals surface area contributed by atoms with Crippen LogP contribution >= 0.6 is 0 Å². The molecule has 0 heterocycles. The van der Waals surface area contributed by atoms with Crippen LogP contribution in [0, 0.1) is 0 Å². The smallest absolute Gasteiger partial charge is 0.251 e. The summed E-state index contributed by atoms with van der Waals surface area (Å²) in [6, 6.07) is 7.26. The minimum atomic E-state index is -2.30. The van der Waals surface area contributed by atoms with Gasteiger partial charge in [-0.15, -0.1) is 0 Å². The summed E-state index contributed by atoms with van der Waals surface area (Å²) in [5, 5.41) is 0. The van der Waals surface area contributed by atoms with Gasteiger partial charge in [0, 0.05) is 11.7 Å².